The van der Waals surface area contributed by atoms with Crippen LogP contribution >= 0.6 is 15.9 Å². The number of rotatable bonds is 2. The summed E-state index contributed by atoms with van der Waals surface area (Å²) in [4.78, 5) is 4.18. The molecule has 2 aromatic heterocycles. The van der Waals surface area contributed by atoms with Gasteiger partial charge >= 0.3 is 0 Å². The van der Waals surface area contributed by atoms with E-state index in [-0.39, 0.29) is 6.04 Å². The minimum atomic E-state index is -0.245. The van der Waals surface area contributed by atoms with E-state index in [1.54, 1.807) is 12.5 Å². The largest absolute Gasteiger partial charge is 0.457 e. The summed E-state index contributed by atoms with van der Waals surface area (Å²) in [6.45, 7) is 0. The maximum atomic E-state index is 6.01. The Hall–Kier alpha value is -1.07. The van der Waals surface area contributed by atoms with E-state index in [1.165, 1.54) is 0 Å². The van der Waals surface area contributed by atoms with Crippen molar-refractivity contribution in [2.24, 2.45) is 12.8 Å². The molecule has 0 saturated heterocycles. The van der Waals surface area contributed by atoms with Crippen LogP contribution in [0.5, 0.6) is 0 Å². The van der Waals surface area contributed by atoms with Gasteiger partial charge in [-0.2, -0.15) is 0 Å². The Labute approximate surface area is 89.9 Å². The molecule has 4 nitrogen and oxygen atoms in total. The minimum Gasteiger partial charge on any atom is -0.457 e. The predicted molar refractivity (Wildman–Crippen MR) is 55.6 cm³/mol. The second kappa shape index (κ2) is 3.59. The smallest absolute Gasteiger partial charge is 0.169 e. The lowest BCUT2D eigenvalue weighted by molar-refractivity contribution is 0.536. The molecule has 1 atom stereocenters. The second-order valence-corrected chi connectivity index (χ2v) is 3.84. The van der Waals surface area contributed by atoms with Crippen molar-refractivity contribution in [2.75, 3.05) is 0 Å². The van der Waals surface area contributed by atoms with Crippen molar-refractivity contribution in [1.82, 2.24) is 9.55 Å². The van der Waals surface area contributed by atoms with Gasteiger partial charge in [0, 0.05) is 25.0 Å². The fourth-order valence-corrected chi connectivity index (χ4v) is 1.67. The van der Waals surface area contributed by atoms with Crippen molar-refractivity contribution < 1.29 is 4.42 Å². The zero-order valence-corrected chi connectivity index (χ0v) is 9.23. The normalized spacial score (nSPS) is 13.1. The summed E-state index contributed by atoms with van der Waals surface area (Å²) < 4.78 is 7.70. The van der Waals surface area contributed by atoms with Gasteiger partial charge in [0.05, 0.1) is 12.3 Å². The number of hydrogen-bond acceptors (Lipinski definition) is 3. The highest BCUT2D eigenvalue weighted by molar-refractivity contribution is 9.10. The van der Waals surface area contributed by atoms with Crippen LogP contribution in [0.3, 0.4) is 0 Å². The molecule has 74 valence electrons. The molecule has 0 aliphatic rings. The first-order valence-corrected chi connectivity index (χ1v) is 4.94. The number of imidazole rings is 1. The standard InChI is InChI=1S/C9H10BrN3O/c1-13-3-2-12-9(13)8(11)6-4-7(10)14-5-6/h2-5,8H,11H2,1H3. The molecule has 0 spiro atoms. The van der Waals surface area contributed by atoms with Gasteiger partial charge in [-0.25, -0.2) is 4.98 Å². The topological polar surface area (TPSA) is 57.0 Å². The zero-order chi connectivity index (χ0) is 10.1. The van der Waals surface area contributed by atoms with Crippen LogP contribution in [0.2, 0.25) is 0 Å². The Morgan fingerprint density at radius 2 is 2.43 bits per heavy atom. The van der Waals surface area contributed by atoms with Gasteiger partial charge in [0.1, 0.15) is 5.82 Å². The average Bonchev–Trinajstić information content (AvgIpc) is 2.73. The first-order valence-electron chi connectivity index (χ1n) is 4.15. The number of aromatic nitrogens is 2. The molecule has 0 amide bonds. The summed E-state index contributed by atoms with van der Waals surface area (Å²) in [5, 5.41) is 0. The van der Waals surface area contributed by atoms with Crippen LogP contribution in [-0.2, 0) is 7.05 Å². The summed E-state index contributed by atoms with van der Waals surface area (Å²) in [7, 11) is 1.91. The minimum absolute atomic E-state index is 0.245. The van der Waals surface area contributed by atoms with Gasteiger partial charge in [-0.15, -0.1) is 0 Å². The number of furan rings is 1. The lowest BCUT2D eigenvalue weighted by Crippen LogP contribution is -2.15. The molecule has 0 aliphatic heterocycles. The van der Waals surface area contributed by atoms with Crippen LogP contribution in [0.1, 0.15) is 17.4 Å². The van der Waals surface area contributed by atoms with Crippen LogP contribution in [0.25, 0.3) is 0 Å². The lowest BCUT2D eigenvalue weighted by atomic mass is 10.1. The van der Waals surface area contributed by atoms with E-state index in [0.717, 1.165) is 11.4 Å². The highest BCUT2D eigenvalue weighted by atomic mass is 79.9. The molecule has 2 heterocycles. The van der Waals surface area contributed by atoms with Crippen LogP contribution in [0.4, 0.5) is 0 Å². The Morgan fingerprint density at radius 1 is 1.64 bits per heavy atom. The Balaban J connectivity index is 2.33. The van der Waals surface area contributed by atoms with Crippen molar-refractivity contribution in [3.8, 4) is 0 Å². The molecule has 1 unspecified atom stereocenters. The summed E-state index contributed by atoms with van der Waals surface area (Å²) in [6, 6.07) is 1.60. The summed E-state index contributed by atoms with van der Waals surface area (Å²) in [5.41, 5.74) is 6.92. The number of hydrogen-bond donors (Lipinski definition) is 1. The number of aryl methyl sites for hydroxylation is 1. The van der Waals surface area contributed by atoms with Gasteiger partial charge in [0.25, 0.3) is 0 Å². The van der Waals surface area contributed by atoms with Gasteiger partial charge in [-0.3, -0.25) is 0 Å². The Morgan fingerprint density at radius 3 is 2.93 bits per heavy atom. The number of halogens is 1. The van der Waals surface area contributed by atoms with Gasteiger partial charge in [-0.05, 0) is 22.0 Å². The molecule has 2 N–H and O–H groups in total. The predicted octanol–water partition coefficient (Wildman–Crippen LogP) is 1.82. The average molecular weight is 256 g/mol. The molecular formula is C9H10BrN3O. The molecule has 0 aliphatic carbocycles. The number of nitrogens with two attached hydrogens (primary N) is 1. The first kappa shape index (κ1) is 9.48. The van der Waals surface area contributed by atoms with E-state index >= 15 is 0 Å². The van der Waals surface area contributed by atoms with Gasteiger partial charge < -0.3 is 14.7 Å². The molecule has 0 bridgehead atoms. The van der Waals surface area contributed by atoms with Crippen LogP contribution in [-0.4, -0.2) is 9.55 Å². The van der Waals surface area contributed by atoms with Crippen molar-refractivity contribution >= 4 is 15.9 Å². The monoisotopic (exact) mass is 255 g/mol. The van der Waals surface area contributed by atoms with E-state index in [2.05, 4.69) is 20.9 Å². The van der Waals surface area contributed by atoms with Gasteiger partial charge in [0.15, 0.2) is 4.67 Å². The maximum absolute atomic E-state index is 6.01. The fourth-order valence-electron chi connectivity index (χ4n) is 1.31. The van der Waals surface area contributed by atoms with Crippen LogP contribution in [0.15, 0.2) is 33.8 Å². The first-order chi connectivity index (χ1) is 6.68. The molecule has 2 aromatic rings. The third-order valence-electron chi connectivity index (χ3n) is 2.08. The molecule has 0 saturated carbocycles. The fraction of sp³-hybridized carbons (Fsp3) is 0.222. The zero-order valence-electron chi connectivity index (χ0n) is 7.64. The second-order valence-electron chi connectivity index (χ2n) is 3.06. The van der Waals surface area contributed by atoms with E-state index in [1.807, 2.05) is 23.9 Å². The van der Waals surface area contributed by atoms with E-state index < -0.39 is 0 Å². The van der Waals surface area contributed by atoms with Gasteiger partial charge in [0.2, 0.25) is 0 Å². The number of nitrogens with zero attached hydrogens (tertiary/aromatic N) is 2. The molecule has 0 radical (unpaired) electrons. The van der Waals surface area contributed by atoms with Crippen LogP contribution < -0.4 is 5.73 Å². The lowest BCUT2D eigenvalue weighted by Gasteiger charge is -2.08. The van der Waals surface area contributed by atoms with Crippen LogP contribution in [0, 0.1) is 0 Å². The summed E-state index contributed by atoms with van der Waals surface area (Å²) >= 11 is 3.23. The highest BCUT2D eigenvalue weighted by Gasteiger charge is 2.15. The molecule has 2 rings (SSSR count). The van der Waals surface area contributed by atoms with Gasteiger partial charge in [-0.1, -0.05) is 0 Å². The summed E-state index contributed by atoms with van der Waals surface area (Å²) in [6.07, 6.45) is 5.22. The molecule has 14 heavy (non-hydrogen) atoms. The third kappa shape index (κ3) is 1.60. The maximum Gasteiger partial charge on any atom is 0.169 e. The summed E-state index contributed by atoms with van der Waals surface area (Å²) in [5.74, 6) is 0.818. The van der Waals surface area contributed by atoms with Crippen molar-refractivity contribution in [3.63, 3.8) is 0 Å². The van der Waals surface area contributed by atoms with Crippen molar-refractivity contribution in [2.45, 2.75) is 6.04 Å². The van der Waals surface area contributed by atoms with E-state index in [0.29, 0.717) is 4.67 Å². The van der Waals surface area contributed by atoms with Crippen molar-refractivity contribution in [3.05, 3.63) is 40.8 Å². The van der Waals surface area contributed by atoms with E-state index in [9.17, 15) is 0 Å². The Bertz CT molecular complexity index is 435. The Kier molecular flexibility index (Phi) is 2.43. The molecule has 0 aromatic carbocycles. The molecule has 5 heteroatoms. The third-order valence-corrected chi connectivity index (χ3v) is 2.50. The molecular weight excluding hydrogens is 246 g/mol. The van der Waals surface area contributed by atoms with Crippen molar-refractivity contribution in [1.29, 1.82) is 0 Å². The quantitative estimate of drug-likeness (QED) is 0.891. The van der Waals surface area contributed by atoms with E-state index in [4.69, 9.17) is 10.2 Å². The SMILES string of the molecule is Cn1ccnc1C(N)c1coc(Br)c1. The molecule has 0 fully saturated rings. The highest BCUT2D eigenvalue weighted by Crippen LogP contribution is 2.22.